The maximum absolute atomic E-state index is 12.2. The molecule has 0 bridgehead atoms. The van der Waals surface area contributed by atoms with Gasteiger partial charge >= 0.3 is 6.03 Å². The van der Waals surface area contributed by atoms with Crippen molar-refractivity contribution in [1.29, 1.82) is 0 Å². The van der Waals surface area contributed by atoms with Crippen LogP contribution in [0.2, 0.25) is 0 Å². The number of nitrogens with one attached hydrogen (secondary N) is 2. The highest BCUT2D eigenvalue weighted by molar-refractivity contribution is 5.93. The van der Waals surface area contributed by atoms with Crippen molar-refractivity contribution in [3.63, 3.8) is 0 Å². The van der Waals surface area contributed by atoms with E-state index in [0.29, 0.717) is 24.2 Å². The minimum absolute atomic E-state index is 0.0337. The number of likely N-dealkylation sites (tertiary alicyclic amines) is 1. The summed E-state index contributed by atoms with van der Waals surface area (Å²) in [5.41, 5.74) is 3.75. The third-order valence-corrected chi connectivity index (χ3v) is 4.55. The summed E-state index contributed by atoms with van der Waals surface area (Å²) < 4.78 is 0. The zero-order chi connectivity index (χ0) is 18.4. The fourth-order valence-corrected chi connectivity index (χ4v) is 3.03. The number of urea groups is 1. The maximum atomic E-state index is 12.2. The van der Waals surface area contributed by atoms with Gasteiger partial charge in [0.2, 0.25) is 5.91 Å². The zero-order valence-electron chi connectivity index (χ0n) is 15.1. The number of nitrogens with zero attached hydrogens (tertiary/aromatic N) is 1. The number of carbonyl (C=O) groups is 2. The van der Waals surface area contributed by atoms with Crippen molar-refractivity contribution in [2.24, 2.45) is 0 Å². The Morgan fingerprint density at radius 1 is 0.962 bits per heavy atom. The van der Waals surface area contributed by atoms with Gasteiger partial charge in [-0.3, -0.25) is 4.79 Å². The van der Waals surface area contributed by atoms with Gasteiger partial charge in [0.1, 0.15) is 0 Å². The van der Waals surface area contributed by atoms with Crippen LogP contribution >= 0.6 is 0 Å². The normalized spacial score (nSPS) is 13.5. The monoisotopic (exact) mass is 351 g/mol. The van der Waals surface area contributed by atoms with Gasteiger partial charge in [-0.2, -0.15) is 0 Å². The molecule has 2 N–H and O–H groups in total. The molecule has 1 aliphatic rings. The van der Waals surface area contributed by atoms with Gasteiger partial charge in [0.25, 0.3) is 0 Å². The fraction of sp³-hybridized carbons (Fsp3) is 0.333. The summed E-state index contributed by atoms with van der Waals surface area (Å²) in [5.74, 6) is -0.0337. The van der Waals surface area contributed by atoms with Crippen molar-refractivity contribution in [2.75, 3.05) is 23.7 Å². The SMILES string of the molecule is Cc1ccc(CCC(=O)Nc2cccc(NC(=O)N3CCCC3)c2)cc1. The van der Waals surface area contributed by atoms with E-state index >= 15 is 0 Å². The summed E-state index contributed by atoms with van der Waals surface area (Å²) in [5, 5.41) is 5.80. The Bertz CT molecular complexity index is 765. The van der Waals surface area contributed by atoms with Crippen LogP contribution in [-0.2, 0) is 11.2 Å². The number of aryl methyl sites for hydroxylation is 2. The van der Waals surface area contributed by atoms with E-state index in [0.717, 1.165) is 31.5 Å². The molecule has 1 saturated heterocycles. The topological polar surface area (TPSA) is 61.4 Å². The number of hydrogen-bond acceptors (Lipinski definition) is 2. The van der Waals surface area contributed by atoms with E-state index in [4.69, 9.17) is 0 Å². The zero-order valence-corrected chi connectivity index (χ0v) is 15.1. The van der Waals surface area contributed by atoms with E-state index in [9.17, 15) is 9.59 Å². The molecule has 1 heterocycles. The minimum Gasteiger partial charge on any atom is -0.326 e. The molecule has 136 valence electrons. The van der Waals surface area contributed by atoms with Crippen molar-refractivity contribution in [2.45, 2.75) is 32.6 Å². The molecular weight excluding hydrogens is 326 g/mol. The first-order valence-corrected chi connectivity index (χ1v) is 9.11. The molecule has 3 amide bonds. The van der Waals surface area contributed by atoms with Crippen LogP contribution in [0, 0.1) is 6.92 Å². The smallest absolute Gasteiger partial charge is 0.321 e. The lowest BCUT2D eigenvalue weighted by Crippen LogP contribution is -2.32. The highest BCUT2D eigenvalue weighted by atomic mass is 16.2. The maximum Gasteiger partial charge on any atom is 0.321 e. The molecule has 5 heteroatoms. The van der Waals surface area contributed by atoms with E-state index in [1.807, 2.05) is 30.0 Å². The second-order valence-corrected chi connectivity index (χ2v) is 6.74. The van der Waals surface area contributed by atoms with Crippen molar-refractivity contribution < 1.29 is 9.59 Å². The van der Waals surface area contributed by atoms with Crippen LogP contribution in [0.15, 0.2) is 48.5 Å². The van der Waals surface area contributed by atoms with Gasteiger partial charge in [-0.05, 0) is 49.9 Å². The van der Waals surface area contributed by atoms with Crippen molar-refractivity contribution >= 4 is 23.3 Å². The Morgan fingerprint density at radius 2 is 1.62 bits per heavy atom. The van der Waals surface area contributed by atoms with Crippen LogP contribution in [0.25, 0.3) is 0 Å². The standard InChI is InChI=1S/C21H25N3O2/c1-16-7-9-17(10-8-16)11-12-20(25)22-18-5-4-6-19(15-18)23-21(26)24-13-2-3-14-24/h4-10,15H,2-3,11-14H2,1H3,(H,22,25)(H,23,26). The predicted molar refractivity (Wildman–Crippen MR) is 104 cm³/mol. The van der Waals surface area contributed by atoms with Gasteiger partial charge < -0.3 is 15.5 Å². The van der Waals surface area contributed by atoms with Crippen molar-refractivity contribution in [3.05, 3.63) is 59.7 Å². The molecule has 0 aromatic heterocycles. The van der Waals surface area contributed by atoms with E-state index in [1.165, 1.54) is 5.56 Å². The molecule has 1 aliphatic heterocycles. The number of hydrogen-bond donors (Lipinski definition) is 2. The van der Waals surface area contributed by atoms with Crippen molar-refractivity contribution in [1.82, 2.24) is 4.90 Å². The van der Waals surface area contributed by atoms with Crippen molar-refractivity contribution in [3.8, 4) is 0 Å². The van der Waals surface area contributed by atoms with E-state index in [2.05, 4.69) is 34.9 Å². The first kappa shape index (κ1) is 18.0. The fourth-order valence-electron chi connectivity index (χ4n) is 3.03. The molecule has 3 rings (SSSR count). The van der Waals surface area contributed by atoms with Crippen LogP contribution in [0.5, 0.6) is 0 Å². The minimum atomic E-state index is -0.0784. The molecule has 0 radical (unpaired) electrons. The lowest BCUT2D eigenvalue weighted by atomic mass is 10.1. The van der Waals surface area contributed by atoms with E-state index < -0.39 is 0 Å². The van der Waals surface area contributed by atoms with E-state index in [1.54, 1.807) is 6.07 Å². The average molecular weight is 351 g/mol. The summed E-state index contributed by atoms with van der Waals surface area (Å²) in [7, 11) is 0. The van der Waals surface area contributed by atoms with Gasteiger partial charge in [0.15, 0.2) is 0 Å². The second kappa shape index (κ2) is 8.52. The van der Waals surface area contributed by atoms with Crippen LogP contribution in [0.1, 0.15) is 30.4 Å². The van der Waals surface area contributed by atoms with Gasteiger partial charge in [0, 0.05) is 30.9 Å². The largest absolute Gasteiger partial charge is 0.326 e. The first-order chi connectivity index (χ1) is 12.6. The number of benzene rings is 2. The number of rotatable bonds is 5. The molecule has 2 aromatic rings. The van der Waals surface area contributed by atoms with Gasteiger partial charge in [-0.25, -0.2) is 4.79 Å². The number of amides is 3. The molecule has 0 unspecified atom stereocenters. The lowest BCUT2D eigenvalue weighted by molar-refractivity contribution is -0.116. The highest BCUT2D eigenvalue weighted by Gasteiger charge is 2.17. The molecule has 0 aliphatic carbocycles. The summed E-state index contributed by atoms with van der Waals surface area (Å²) in [4.78, 5) is 26.2. The summed E-state index contributed by atoms with van der Waals surface area (Å²) in [6.07, 6.45) is 3.25. The van der Waals surface area contributed by atoms with Crippen LogP contribution in [0.4, 0.5) is 16.2 Å². The average Bonchev–Trinajstić information content (AvgIpc) is 3.16. The Kier molecular flexibility index (Phi) is 5.89. The molecule has 2 aromatic carbocycles. The summed E-state index contributed by atoms with van der Waals surface area (Å²) in [6.45, 7) is 3.66. The third kappa shape index (κ3) is 5.09. The van der Waals surface area contributed by atoms with Gasteiger partial charge in [-0.15, -0.1) is 0 Å². The molecular formula is C21H25N3O2. The summed E-state index contributed by atoms with van der Waals surface area (Å²) in [6, 6.07) is 15.4. The van der Waals surface area contributed by atoms with Gasteiger partial charge in [-0.1, -0.05) is 35.9 Å². The van der Waals surface area contributed by atoms with Crippen LogP contribution < -0.4 is 10.6 Å². The van der Waals surface area contributed by atoms with Crippen LogP contribution in [0.3, 0.4) is 0 Å². The number of carbonyl (C=O) groups excluding carboxylic acids is 2. The Labute approximate surface area is 154 Å². The molecule has 0 spiro atoms. The Hall–Kier alpha value is -2.82. The first-order valence-electron chi connectivity index (χ1n) is 9.11. The third-order valence-electron chi connectivity index (χ3n) is 4.55. The molecule has 0 atom stereocenters. The molecule has 1 fully saturated rings. The molecule has 26 heavy (non-hydrogen) atoms. The van der Waals surface area contributed by atoms with E-state index in [-0.39, 0.29) is 11.9 Å². The Morgan fingerprint density at radius 3 is 2.31 bits per heavy atom. The molecule has 5 nitrogen and oxygen atoms in total. The molecule has 0 saturated carbocycles. The number of anilines is 2. The summed E-state index contributed by atoms with van der Waals surface area (Å²) >= 11 is 0. The Balaban J connectivity index is 1.51. The van der Waals surface area contributed by atoms with Gasteiger partial charge in [0.05, 0.1) is 0 Å². The second-order valence-electron chi connectivity index (χ2n) is 6.74. The quantitative estimate of drug-likeness (QED) is 0.848. The highest BCUT2D eigenvalue weighted by Crippen LogP contribution is 2.17. The lowest BCUT2D eigenvalue weighted by Gasteiger charge is -2.16. The van der Waals surface area contributed by atoms with Crippen LogP contribution in [-0.4, -0.2) is 29.9 Å². The predicted octanol–water partition coefficient (Wildman–Crippen LogP) is 4.19.